The van der Waals surface area contributed by atoms with E-state index in [1.807, 2.05) is 54.7 Å². The van der Waals surface area contributed by atoms with Crippen LogP contribution in [0, 0.1) is 0 Å². The smallest absolute Gasteiger partial charge is 0.224 e. The van der Waals surface area contributed by atoms with E-state index in [1.54, 1.807) is 0 Å². The van der Waals surface area contributed by atoms with E-state index in [2.05, 4.69) is 10.3 Å². The molecule has 0 fully saturated rings. The Morgan fingerprint density at radius 1 is 1.21 bits per heavy atom. The van der Waals surface area contributed by atoms with Crippen molar-refractivity contribution in [3.8, 4) is 0 Å². The van der Waals surface area contributed by atoms with E-state index in [4.69, 9.17) is 11.6 Å². The Morgan fingerprint density at radius 3 is 2.79 bits per heavy atom. The summed E-state index contributed by atoms with van der Waals surface area (Å²) in [7, 11) is 0. The predicted octanol–water partition coefficient (Wildman–Crippen LogP) is 3.60. The number of carbonyl (C=O) groups is 1. The Labute approximate surface area is 145 Å². The number of aromatic nitrogens is 1. The van der Waals surface area contributed by atoms with Gasteiger partial charge in [0.1, 0.15) is 0 Å². The molecule has 0 bridgehead atoms. The van der Waals surface area contributed by atoms with Gasteiger partial charge in [0.05, 0.1) is 12.5 Å². The van der Waals surface area contributed by atoms with E-state index in [9.17, 15) is 9.90 Å². The topological polar surface area (TPSA) is 65.1 Å². The summed E-state index contributed by atoms with van der Waals surface area (Å²) in [6, 6.07) is 15.0. The second-order valence-electron chi connectivity index (χ2n) is 5.75. The zero-order chi connectivity index (χ0) is 16.9. The van der Waals surface area contributed by atoms with Crippen molar-refractivity contribution in [3.05, 3.63) is 70.9 Å². The van der Waals surface area contributed by atoms with Crippen LogP contribution in [0.2, 0.25) is 5.02 Å². The monoisotopic (exact) mass is 342 g/mol. The average Bonchev–Trinajstić information content (AvgIpc) is 2.97. The first-order chi connectivity index (χ1) is 11.6. The van der Waals surface area contributed by atoms with Gasteiger partial charge in [0.25, 0.3) is 0 Å². The largest absolute Gasteiger partial charge is 0.388 e. The molecule has 1 heterocycles. The molecule has 0 aliphatic rings. The molecule has 1 aromatic heterocycles. The minimum atomic E-state index is -0.571. The van der Waals surface area contributed by atoms with Gasteiger partial charge in [-0.15, -0.1) is 0 Å². The summed E-state index contributed by atoms with van der Waals surface area (Å²) in [5.74, 6) is -0.0730. The maximum Gasteiger partial charge on any atom is 0.224 e. The second-order valence-corrected chi connectivity index (χ2v) is 6.18. The van der Waals surface area contributed by atoms with Crippen molar-refractivity contribution < 1.29 is 9.90 Å². The summed E-state index contributed by atoms with van der Waals surface area (Å²) in [4.78, 5) is 15.3. The van der Waals surface area contributed by atoms with Crippen molar-refractivity contribution in [2.24, 2.45) is 0 Å². The van der Waals surface area contributed by atoms with Gasteiger partial charge in [-0.3, -0.25) is 4.79 Å². The standard InChI is InChI=1S/C19H19ClN2O2/c20-15-6-7-17-16(11-15)14(12-22-17)10-19(24)21-9-8-18(23)13-4-2-1-3-5-13/h1-7,11-12,18,22-23H,8-10H2,(H,21,24). The van der Waals surface area contributed by atoms with Gasteiger partial charge in [-0.25, -0.2) is 0 Å². The third-order valence-electron chi connectivity index (χ3n) is 4.00. The number of halogens is 1. The Bertz CT molecular complexity index is 830. The van der Waals surface area contributed by atoms with Crippen molar-refractivity contribution in [3.63, 3.8) is 0 Å². The normalized spacial score (nSPS) is 12.2. The predicted molar refractivity (Wildman–Crippen MR) is 96.0 cm³/mol. The number of fused-ring (bicyclic) bond motifs is 1. The third kappa shape index (κ3) is 3.96. The van der Waals surface area contributed by atoms with Crippen LogP contribution in [-0.2, 0) is 11.2 Å². The van der Waals surface area contributed by atoms with Crippen LogP contribution in [0.1, 0.15) is 23.7 Å². The van der Waals surface area contributed by atoms with Gasteiger partial charge in [0, 0.05) is 28.7 Å². The highest BCUT2D eigenvalue weighted by Gasteiger charge is 2.11. The molecule has 0 radical (unpaired) electrons. The lowest BCUT2D eigenvalue weighted by atomic mass is 10.1. The lowest BCUT2D eigenvalue weighted by Gasteiger charge is -2.11. The fourth-order valence-corrected chi connectivity index (χ4v) is 2.89. The molecule has 5 heteroatoms. The van der Waals surface area contributed by atoms with E-state index in [1.165, 1.54) is 0 Å². The number of hydrogen-bond donors (Lipinski definition) is 3. The van der Waals surface area contributed by atoms with Crippen LogP contribution in [0.3, 0.4) is 0 Å². The van der Waals surface area contributed by atoms with E-state index < -0.39 is 6.10 Å². The SMILES string of the molecule is O=C(Cc1c[nH]c2ccc(Cl)cc12)NCCC(O)c1ccccc1. The quantitative estimate of drug-likeness (QED) is 0.640. The van der Waals surface area contributed by atoms with Crippen LogP contribution in [0.15, 0.2) is 54.7 Å². The molecule has 124 valence electrons. The highest BCUT2D eigenvalue weighted by molar-refractivity contribution is 6.31. The summed E-state index contributed by atoms with van der Waals surface area (Å²) in [6.45, 7) is 0.429. The van der Waals surface area contributed by atoms with Crippen LogP contribution in [0.25, 0.3) is 10.9 Å². The highest BCUT2D eigenvalue weighted by Crippen LogP contribution is 2.22. The lowest BCUT2D eigenvalue weighted by Crippen LogP contribution is -2.27. The Morgan fingerprint density at radius 2 is 2.00 bits per heavy atom. The van der Waals surface area contributed by atoms with E-state index >= 15 is 0 Å². The zero-order valence-electron chi connectivity index (χ0n) is 13.1. The van der Waals surface area contributed by atoms with Crippen LogP contribution < -0.4 is 5.32 Å². The zero-order valence-corrected chi connectivity index (χ0v) is 13.9. The summed E-state index contributed by atoms with van der Waals surface area (Å²) in [5, 5.41) is 14.6. The number of aliphatic hydroxyl groups is 1. The van der Waals surface area contributed by atoms with Gasteiger partial charge in [0.2, 0.25) is 5.91 Å². The first kappa shape index (κ1) is 16.6. The Kier molecular flexibility index (Phi) is 5.18. The number of rotatable bonds is 6. The van der Waals surface area contributed by atoms with Gasteiger partial charge in [-0.2, -0.15) is 0 Å². The molecule has 1 atom stereocenters. The molecule has 1 amide bonds. The highest BCUT2D eigenvalue weighted by atomic mass is 35.5. The maximum atomic E-state index is 12.1. The van der Waals surface area contributed by atoms with Crippen molar-refractivity contribution >= 4 is 28.4 Å². The molecular weight excluding hydrogens is 324 g/mol. The van der Waals surface area contributed by atoms with Crippen molar-refractivity contribution in [1.29, 1.82) is 0 Å². The molecule has 0 aliphatic heterocycles. The number of carbonyl (C=O) groups excluding carboxylic acids is 1. The minimum Gasteiger partial charge on any atom is -0.388 e. The number of H-pyrrole nitrogens is 1. The molecule has 4 nitrogen and oxygen atoms in total. The minimum absolute atomic E-state index is 0.0730. The fraction of sp³-hybridized carbons (Fsp3) is 0.211. The van der Waals surface area contributed by atoms with Gasteiger partial charge in [-0.05, 0) is 35.7 Å². The molecule has 2 aromatic carbocycles. The summed E-state index contributed by atoms with van der Waals surface area (Å²) >= 11 is 6.02. The van der Waals surface area contributed by atoms with Crippen LogP contribution >= 0.6 is 11.6 Å². The first-order valence-corrected chi connectivity index (χ1v) is 8.26. The van der Waals surface area contributed by atoms with E-state index in [0.29, 0.717) is 18.0 Å². The van der Waals surface area contributed by atoms with Crippen molar-refractivity contribution in [2.45, 2.75) is 18.9 Å². The van der Waals surface area contributed by atoms with Crippen LogP contribution in [0.4, 0.5) is 0 Å². The van der Waals surface area contributed by atoms with Gasteiger partial charge in [0.15, 0.2) is 0 Å². The molecule has 0 saturated carbocycles. The van der Waals surface area contributed by atoms with Crippen molar-refractivity contribution in [1.82, 2.24) is 10.3 Å². The van der Waals surface area contributed by atoms with Gasteiger partial charge in [-0.1, -0.05) is 41.9 Å². The number of aromatic amines is 1. The first-order valence-electron chi connectivity index (χ1n) is 7.88. The molecule has 3 rings (SSSR count). The number of nitrogens with one attached hydrogen (secondary N) is 2. The van der Waals surface area contributed by atoms with Gasteiger partial charge < -0.3 is 15.4 Å². The second kappa shape index (κ2) is 7.51. The average molecular weight is 343 g/mol. The summed E-state index contributed by atoms with van der Waals surface area (Å²) < 4.78 is 0. The molecule has 0 aliphatic carbocycles. The molecule has 24 heavy (non-hydrogen) atoms. The van der Waals surface area contributed by atoms with Crippen LogP contribution in [0.5, 0.6) is 0 Å². The van der Waals surface area contributed by atoms with Gasteiger partial charge >= 0.3 is 0 Å². The number of aliphatic hydroxyl groups excluding tert-OH is 1. The molecule has 3 aromatic rings. The number of amides is 1. The molecule has 3 N–H and O–H groups in total. The molecular formula is C19H19ClN2O2. The van der Waals surface area contributed by atoms with E-state index in [0.717, 1.165) is 22.0 Å². The van der Waals surface area contributed by atoms with E-state index in [-0.39, 0.29) is 12.3 Å². The van der Waals surface area contributed by atoms with Crippen molar-refractivity contribution in [2.75, 3.05) is 6.54 Å². The van der Waals surface area contributed by atoms with Crippen LogP contribution in [-0.4, -0.2) is 22.5 Å². The Balaban J connectivity index is 1.53. The number of benzene rings is 2. The molecule has 1 unspecified atom stereocenters. The fourth-order valence-electron chi connectivity index (χ4n) is 2.72. The number of hydrogen-bond acceptors (Lipinski definition) is 2. The summed E-state index contributed by atoms with van der Waals surface area (Å²) in [5.41, 5.74) is 2.73. The third-order valence-corrected chi connectivity index (χ3v) is 4.24. The molecule has 0 spiro atoms. The molecule has 0 saturated heterocycles. The maximum absolute atomic E-state index is 12.1. The Hall–Kier alpha value is -2.30. The summed E-state index contributed by atoms with van der Waals surface area (Å²) in [6.07, 6.45) is 2.02. The lowest BCUT2D eigenvalue weighted by molar-refractivity contribution is -0.120.